The maximum Gasteiger partial charge on any atom is 0.158 e. The van der Waals surface area contributed by atoms with E-state index in [-0.39, 0.29) is 12.4 Å². The topological polar surface area (TPSA) is 26.1 Å². The smallest absolute Gasteiger partial charge is 0.158 e. The first-order chi connectivity index (χ1) is 5.90. The summed E-state index contributed by atoms with van der Waals surface area (Å²) in [4.78, 5) is 0. The molecule has 0 radical (unpaired) electrons. The molecule has 2 saturated heterocycles. The Morgan fingerprint density at radius 3 is 2.46 bits per heavy atom. The second-order valence-electron chi connectivity index (χ2n) is 3.43. The van der Waals surface area contributed by atoms with Gasteiger partial charge in [0.05, 0.1) is 26.3 Å². The molecule has 0 aliphatic carbocycles. The first-order valence-corrected chi connectivity index (χ1v) is 4.60. The number of hydrogen-bond acceptors (Lipinski definition) is 3. The van der Waals surface area contributed by atoms with Gasteiger partial charge in [-0.25, -0.2) is 5.01 Å². The van der Waals surface area contributed by atoms with Gasteiger partial charge in [-0.1, -0.05) is 0 Å². The number of halogens is 1. The summed E-state index contributed by atoms with van der Waals surface area (Å²) in [5.41, 5.74) is 0. The monoisotopic (exact) mass is 208 g/mol. The molecular formula is C8H17ClN2O2. The average molecular weight is 209 g/mol. The van der Waals surface area contributed by atoms with Gasteiger partial charge in [0, 0.05) is 7.11 Å². The Labute approximate surface area is 85.2 Å². The Morgan fingerprint density at radius 1 is 1.31 bits per heavy atom. The summed E-state index contributed by atoms with van der Waals surface area (Å²) in [6.45, 7) is 6.20. The van der Waals surface area contributed by atoms with E-state index in [0.29, 0.717) is 6.10 Å². The molecule has 0 atom stereocenters. The molecule has 1 N–H and O–H groups in total. The highest BCUT2D eigenvalue weighted by Gasteiger charge is 2.36. The Balaban J connectivity index is 0.000000845. The predicted molar refractivity (Wildman–Crippen MR) is 43.9 cm³/mol. The molecule has 2 heterocycles. The Hall–Kier alpha value is 0.130. The van der Waals surface area contributed by atoms with Gasteiger partial charge < -0.3 is 21.9 Å². The van der Waals surface area contributed by atoms with E-state index in [9.17, 15) is 0 Å². The van der Waals surface area contributed by atoms with E-state index in [4.69, 9.17) is 9.47 Å². The van der Waals surface area contributed by atoms with Gasteiger partial charge in [0.25, 0.3) is 0 Å². The lowest BCUT2D eigenvalue weighted by Gasteiger charge is -2.42. The van der Waals surface area contributed by atoms with Gasteiger partial charge in [-0.15, -0.1) is 0 Å². The number of nitrogens with zero attached hydrogens (tertiary/aromatic N) is 1. The molecule has 0 aromatic carbocycles. The molecule has 4 nitrogen and oxygen atoms in total. The highest BCUT2D eigenvalue weighted by Crippen LogP contribution is 1.95. The third kappa shape index (κ3) is 2.54. The number of methoxy groups -OCH3 is 1. The van der Waals surface area contributed by atoms with E-state index in [1.807, 2.05) is 0 Å². The molecule has 13 heavy (non-hydrogen) atoms. The van der Waals surface area contributed by atoms with Gasteiger partial charge in [0.2, 0.25) is 0 Å². The third-order valence-corrected chi connectivity index (χ3v) is 2.72. The van der Waals surface area contributed by atoms with Gasteiger partial charge in [0.1, 0.15) is 13.1 Å². The van der Waals surface area contributed by atoms with Gasteiger partial charge in [-0.2, -0.15) is 5.01 Å². The number of hydrogen-bond donors (Lipinski definition) is 1. The lowest BCUT2D eigenvalue weighted by molar-refractivity contribution is -1.06. The Kier molecular flexibility index (Phi) is 4.41. The van der Waals surface area contributed by atoms with Gasteiger partial charge in [-0.3, -0.25) is 0 Å². The second kappa shape index (κ2) is 5.12. The van der Waals surface area contributed by atoms with Crippen LogP contribution in [0.5, 0.6) is 0 Å². The normalized spacial score (nSPS) is 34.8. The lowest BCUT2D eigenvalue weighted by atomic mass is 10.2. The van der Waals surface area contributed by atoms with Crippen molar-refractivity contribution >= 4 is 0 Å². The van der Waals surface area contributed by atoms with Crippen molar-refractivity contribution in [1.29, 1.82) is 0 Å². The van der Waals surface area contributed by atoms with Crippen molar-refractivity contribution in [3.63, 3.8) is 0 Å². The molecule has 0 aromatic rings. The summed E-state index contributed by atoms with van der Waals surface area (Å²) in [7, 11) is 1.79. The molecule has 0 bridgehead atoms. The number of rotatable bonds is 2. The first-order valence-electron chi connectivity index (χ1n) is 4.60. The summed E-state index contributed by atoms with van der Waals surface area (Å²) in [6.07, 6.45) is 0.489. The van der Waals surface area contributed by atoms with E-state index in [0.717, 1.165) is 39.4 Å². The number of nitrogens with one attached hydrogen (secondary N) is 1. The van der Waals surface area contributed by atoms with Crippen LogP contribution in [0.1, 0.15) is 0 Å². The maximum atomic E-state index is 5.29. The summed E-state index contributed by atoms with van der Waals surface area (Å²) < 4.78 is 10.5. The molecular weight excluding hydrogens is 192 g/mol. The van der Waals surface area contributed by atoms with E-state index in [2.05, 4.69) is 5.01 Å². The summed E-state index contributed by atoms with van der Waals surface area (Å²) in [5, 5.41) is 4.00. The van der Waals surface area contributed by atoms with Crippen LogP contribution in [0, 0.1) is 0 Å². The fraction of sp³-hybridized carbons (Fsp3) is 1.00. The summed E-state index contributed by atoms with van der Waals surface area (Å²) >= 11 is 0. The van der Waals surface area contributed by atoms with Gasteiger partial charge >= 0.3 is 0 Å². The molecule has 0 unspecified atom stereocenters. The molecule has 2 aliphatic heterocycles. The average Bonchev–Trinajstić information content (AvgIpc) is 2.04. The number of quaternary nitrogens is 1. The summed E-state index contributed by atoms with van der Waals surface area (Å²) in [5.74, 6) is 0. The maximum absolute atomic E-state index is 5.29. The molecule has 0 amide bonds. The van der Waals surface area contributed by atoms with Crippen molar-refractivity contribution in [2.75, 3.05) is 46.5 Å². The van der Waals surface area contributed by atoms with Gasteiger partial charge in [0.15, 0.2) is 6.10 Å². The van der Waals surface area contributed by atoms with E-state index in [1.165, 1.54) is 0 Å². The van der Waals surface area contributed by atoms with E-state index >= 15 is 0 Å². The SMILES string of the molecule is COC1C[NH+](N2CCOCC2)C1.[Cl-]. The molecule has 0 saturated carbocycles. The van der Waals surface area contributed by atoms with Crippen LogP contribution in [0.15, 0.2) is 0 Å². The first kappa shape index (κ1) is 11.2. The number of morpholine rings is 1. The minimum Gasteiger partial charge on any atom is -1.00 e. The largest absolute Gasteiger partial charge is 1.00 e. The van der Waals surface area contributed by atoms with Crippen LogP contribution >= 0.6 is 0 Å². The van der Waals surface area contributed by atoms with E-state index in [1.54, 1.807) is 12.1 Å². The van der Waals surface area contributed by atoms with Crippen LogP contribution in [0.4, 0.5) is 0 Å². The lowest BCUT2D eigenvalue weighted by Crippen LogP contribution is -3.26. The molecule has 2 aliphatic rings. The molecule has 0 aromatic heterocycles. The molecule has 5 heteroatoms. The minimum absolute atomic E-state index is 0. The zero-order chi connectivity index (χ0) is 8.39. The fourth-order valence-corrected chi connectivity index (χ4v) is 1.77. The minimum atomic E-state index is 0. The molecule has 0 spiro atoms. The molecule has 78 valence electrons. The Morgan fingerprint density at radius 2 is 1.92 bits per heavy atom. The van der Waals surface area contributed by atoms with Crippen molar-refractivity contribution in [2.24, 2.45) is 0 Å². The standard InChI is InChI=1S/C8H16N2O2.ClH/c1-11-8-6-10(7-8)9-2-4-12-5-3-9;/h8H,2-7H2,1H3;1H. The van der Waals surface area contributed by atoms with Crippen molar-refractivity contribution in [1.82, 2.24) is 5.01 Å². The van der Waals surface area contributed by atoms with Crippen LogP contribution in [-0.2, 0) is 9.47 Å². The zero-order valence-corrected chi connectivity index (χ0v) is 8.72. The van der Waals surface area contributed by atoms with Crippen molar-refractivity contribution in [3.05, 3.63) is 0 Å². The number of ether oxygens (including phenoxy) is 2. The zero-order valence-electron chi connectivity index (χ0n) is 7.96. The molecule has 2 fully saturated rings. The van der Waals surface area contributed by atoms with Crippen molar-refractivity contribution in [3.8, 4) is 0 Å². The molecule has 2 rings (SSSR count). The van der Waals surface area contributed by atoms with E-state index < -0.39 is 0 Å². The van der Waals surface area contributed by atoms with Crippen molar-refractivity contribution < 1.29 is 26.9 Å². The Bertz CT molecular complexity index is 147. The van der Waals surface area contributed by atoms with Crippen LogP contribution in [0.25, 0.3) is 0 Å². The van der Waals surface area contributed by atoms with Gasteiger partial charge in [-0.05, 0) is 0 Å². The highest BCUT2D eigenvalue weighted by atomic mass is 35.5. The van der Waals surface area contributed by atoms with Crippen LogP contribution < -0.4 is 17.4 Å². The van der Waals surface area contributed by atoms with Crippen LogP contribution in [-0.4, -0.2) is 57.6 Å². The second-order valence-corrected chi connectivity index (χ2v) is 3.43. The highest BCUT2D eigenvalue weighted by molar-refractivity contribution is 4.62. The predicted octanol–water partition coefficient (Wildman–Crippen LogP) is -4.85. The fourth-order valence-electron chi connectivity index (χ4n) is 1.77. The quantitative estimate of drug-likeness (QED) is 0.493. The van der Waals surface area contributed by atoms with Crippen LogP contribution in [0.2, 0.25) is 0 Å². The summed E-state index contributed by atoms with van der Waals surface area (Å²) in [6, 6.07) is 0. The third-order valence-electron chi connectivity index (χ3n) is 2.72. The van der Waals surface area contributed by atoms with Crippen molar-refractivity contribution in [2.45, 2.75) is 6.10 Å². The van der Waals surface area contributed by atoms with Crippen LogP contribution in [0.3, 0.4) is 0 Å².